The van der Waals surface area contributed by atoms with Crippen LogP contribution in [0.15, 0.2) is 5.11 Å². The lowest BCUT2D eigenvalue weighted by Gasteiger charge is -2.31. The molecule has 1 aliphatic rings. The van der Waals surface area contributed by atoms with Crippen molar-refractivity contribution >= 4 is 5.97 Å². The summed E-state index contributed by atoms with van der Waals surface area (Å²) in [6.45, 7) is 1.46. The summed E-state index contributed by atoms with van der Waals surface area (Å²) >= 11 is 0. The fraction of sp³-hybridized carbons (Fsp3) is 0.857. The van der Waals surface area contributed by atoms with Crippen molar-refractivity contribution in [2.75, 3.05) is 13.2 Å². The van der Waals surface area contributed by atoms with Gasteiger partial charge in [-0.2, -0.15) is 0 Å². The van der Waals surface area contributed by atoms with Crippen LogP contribution >= 0.6 is 0 Å². The van der Waals surface area contributed by atoms with E-state index < -0.39 is 24.2 Å². The number of rotatable bonds is 2. The molecular weight excluding hydrogens is 190 g/mol. The Balaban J connectivity index is 2.69. The van der Waals surface area contributed by atoms with Crippen LogP contribution in [0.4, 0.5) is 0 Å². The first-order chi connectivity index (χ1) is 6.65. The van der Waals surface area contributed by atoms with Gasteiger partial charge >= 0.3 is 5.97 Å². The lowest BCUT2D eigenvalue weighted by Crippen LogP contribution is -2.48. The van der Waals surface area contributed by atoms with Crippen LogP contribution in [0, 0.1) is 0 Å². The van der Waals surface area contributed by atoms with E-state index in [0.29, 0.717) is 0 Å². The molecule has 0 aromatic heterocycles. The minimum atomic E-state index is -0.942. The highest BCUT2D eigenvalue weighted by atomic mass is 16.6. The number of aliphatic hydroxyl groups is 1. The van der Waals surface area contributed by atoms with Gasteiger partial charge in [0, 0.05) is 11.8 Å². The molecule has 0 bridgehead atoms. The molecule has 3 atom stereocenters. The van der Waals surface area contributed by atoms with Crippen molar-refractivity contribution in [2.24, 2.45) is 5.11 Å². The van der Waals surface area contributed by atoms with Crippen molar-refractivity contribution in [1.29, 1.82) is 0 Å². The van der Waals surface area contributed by atoms with E-state index in [1.807, 2.05) is 0 Å². The first-order valence-electron chi connectivity index (χ1n) is 4.12. The minimum absolute atomic E-state index is 0.0788. The van der Waals surface area contributed by atoms with Gasteiger partial charge in [0.25, 0.3) is 0 Å². The van der Waals surface area contributed by atoms with E-state index in [9.17, 15) is 9.90 Å². The van der Waals surface area contributed by atoms with Gasteiger partial charge in [-0.15, -0.1) is 0 Å². The molecular formula is C7H11N3O4. The van der Waals surface area contributed by atoms with Crippen LogP contribution in [0.2, 0.25) is 0 Å². The molecule has 1 rings (SSSR count). The first kappa shape index (κ1) is 10.8. The van der Waals surface area contributed by atoms with Crippen molar-refractivity contribution in [3.05, 3.63) is 10.4 Å². The number of hydrogen-bond acceptors (Lipinski definition) is 5. The Labute approximate surface area is 80.2 Å². The summed E-state index contributed by atoms with van der Waals surface area (Å²) in [7, 11) is 0. The van der Waals surface area contributed by atoms with Crippen LogP contribution in [0.25, 0.3) is 10.4 Å². The van der Waals surface area contributed by atoms with Crippen LogP contribution in [0.5, 0.6) is 0 Å². The summed E-state index contributed by atoms with van der Waals surface area (Å²) in [6.07, 6.45) is -1.75. The van der Waals surface area contributed by atoms with Crippen molar-refractivity contribution in [1.82, 2.24) is 0 Å². The molecule has 1 N–H and O–H groups in total. The Morgan fingerprint density at radius 2 is 2.43 bits per heavy atom. The van der Waals surface area contributed by atoms with Gasteiger partial charge in [-0.3, -0.25) is 4.79 Å². The summed E-state index contributed by atoms with van der Waals surface area (Å²) in [5, 5.41) is 12.8. The molecule has 0 aromatic carbocycles. The maximum atomic E-state index is 10.7. The number of carbonyl (C=O) groups excluding carboxylic acids is 1. The quantitative estimate of drug-likeness (QED) is 0.293. The summed E-state index contributed by atoms with van der Waals surface area (Å²) < 4.78 is 9.79. The Morgan fingerprint density at radius 1 is 1.71 bits per heavy atom. The van der Waals surface area contributed by atoms with E-state index >= 15 is 0 Å². The molecule has 1 saturated heterocycles. The van der Waals surface area contributed by atoms with Crippen molar-refractivity contribution < 1.29 is 19.4 Å². The third kappa shape index (κ3) is 2.59. The summed E-state index contributed by atoms with van der Waals surface area (Å²) in [5.41, 5.74) is 8.24. The molecule has 0 saturated carbocycles. The molecule has 7 heteroatoms. The zero-order valence-corrected chi connectivity index (χ0v) is 7.66. The maximum Gasteiger partial charge on any atom is 0.303 e. The number of hydrogen-bond donors (Lipinski definition) is 1. The first-order valence-corrected chi connectivity index (χ1v) is 4.12. The number of azide groups is 1. The van der Waals surface area contributed by atoms with Gasteiger partial charge in [-0.05, 0) is 5.53 Å². The highest BCUT2D eigenvalue weighted by molar-refractivity contribution is 5.66. The van der Waals surface area contributed by atoms with Gasteiger partial charge in [-0.25, -0.2) is 0 Å². The predicted molar refractivity (Wildman–Crippen MR) is 45.3 cm³/mol. The van der Waals surface area contributed by atoms with Crippen LogP contribution < -0.4 is 0 Å². The van der Waals surface area contributed by atoms with Crippen LogP contribution in [0.3, 0.4) is 0 Å². The lowest BCUT2D eigenvalue weighted by atomic mass is 10.1. The van der Waals surface area contributed by atoms with Crippen LogP contribution in [-0.4, -0.2) is 42.5 Å². The van der Waals surface area contributed by atoms with E-state index in [4.69, 9.17) is 15.0 Å². The van der Waals surface area contributed by atoms with Gasteiger partial charge in [0.2, 0.25) is 0 Å². The smallest absolute Gasteiger partial charge is 0.303 e. The van der Waals surface area contributed by atoms with E-state index in [-0.39, 0.29) is 13.2 Å². The van der Waals surface area contributed by atoms with Gasteiger partial charge in [0.15, 0.2) is 0 Å². The minimum Gasteiger partial charge on any atom is -0.459 e. The van der Waals surface area contributed by atoms with Gasteiger partial charge in [0.05, 0.1) is 13.2 Å². The van der Waals surface area contributed by atoms with Crippen molar-refractivity contribution in [3.8, 4) is 0 Å². The molecule has 1 fully saturated rings. The van der Waals surface area contributed by atoms with Crippen LogP contribution in [0.1, 0.15) is 6.92 Å². The second-order valence-electron chi connectivity index (χ2n) is 2.95. The molecule has 78 valence electrons. The third-order valence-corrected chi connectivity index (χ3v) is 1.84. The highest BCUT2D eigenvalue weighted by Crippen LogP contribution is 2.16. The average molecular weight is 201 g/mol. The highest BCUT2D eigenvalue weighted by Gasteiger charge is 2.34. The number of carbonyl (C=O) groups is 1. The molecule has 0 amide bonds. The zero-order valence-electron chi connectivity index (χ0n) is 7.66. The number of aliphatic hydroxyl groups excluding tert-OH is 1. The topological polar surface area (TPSA) is 105 Å². The van der Waals surface area contributed by atoms with Crippen molar-refractivity contribution in [2.45, 2.75) is 25.2 Å². The molecule has 1 aliphatic heterocycles. The Morgan fingerprint density at radius 3 is 3.00 bits per heavy atom. The summed E-state index contributed by atoms with van der Waals surface area (Å²) in [5.74, 6) is -0.519. The monoisotopic (exact) mass is 201 g/mol. The SMILES string of the molecule is CC(=O)O[C@@H]1C(N=[N+]=[N-])COC[C@@H]1O. The van der Waals surface area contributed by atoms with Gasteiger partial charge in [0.1, 0.15) is 18.2 Å². The molecule has 1 unspecified atom stereocenters. The number of esters is 1. The normalized spacial score (nSPS) is 31.7. The molecule has 0 spiro atoms. The number of ether oxygens (including phenoxy) is 2. The molecule has 0 aromatic rings. The Bertz CT molecular complexity index is 264. The molecule has 7 nitrogen and oxygen atoms in total. The average Bonchev–Trinajstić information content (AvgIpc) is 2.11. The summed E-state index contributed by atoms with van der Waals surface area (Å²) in [6, 6.07) is -0.660. The predicted octanol–water partition coefficient (Wildman–Crippen LogP) is -0.0119. The fourth-order valence-electron chi connectivity index (χ4n) is 1.27. The largest absolute Gasteiger partial charge is 0.459 e. The van der Waals surface area contributed by atoms with E-state index in [2.05, 4.69) is 10.0 Å². The second kappa shape index (κ2) is 4.80. The van der Waals surface area contributed by atoms with Crippen molar-refractivity contribution in [3.63, 3.8) is 0 Å². The molecule has 0 aliphatic carbocycles. The molecule has 0 radical (unpaired) electrons. The molecule has 14 heavy (non-hydrogen) atoms. The lowest BCUT2D eigenvalue weighted by molar-refractivity contribution is -0.165. The Kier molecular flexibility index (Phi) is 3.70. The fourth-order valence-corrected chi connectivity index (χ4v) is 1.27. The maximum absolute atomic E-state index is 10.7. The standard InChI is InChI=1S/C7H11N3O4/c1-4(11)14-7-5(9-10-8)2-13-3-6(7)12/h5-7,12H,2-3H2,1H3/t5?,6-,7+/m0/s1. The van der Waals surface area contributed by atoms with Gasteiger partial charge < -0.3 is 14.6 Å². The van der Waals surface area contributed by atoms with Crippen LogP contribution in [-0.2, 0) is 14.3 Å². The molecule has 1 heterocycles. The Hall–Kier alpha value is -1.30. The zero-order chi connectivity index (χ0) is 10.6. The van der Waals surface area contributed by atoms with E-state index in [1.165, 1.54) is 6.92 Å². The van der Waals surface area contributed by atoms with E-state index in [1.54, 1.807) is 0 Å². The van der Waals surface area contributed by atoms with Gasteiger partial charge in [-0.1, -0.05) is 5.11 Å². The number of nitrogens with zero attached hydrogens (tertiary/aromatic N) is 3. The van der Waals surface area contributed by atoms with E-state index in [0.717, 1.165) is 0 Å². The third-order valence-electron chi connectivity index (χ3n) is 1.84. The summed E-state index contributed by atoms with van der Waals surface area (Å²) in [4.78, 5) is 13.3. The second-order valence-corrected chi connectivity index (χ2v) is 2.95.